The fourth-order valence-corrected chi connectivity index (χ4v) is 2.05. The van der Waals surface area contributed by atoms with Crippen molar-refractivity contribution in [1.82, 2.24) is 4.57 Å². The van der Waals surface area contributed by atoms with E-state index in [1.165, 1.54) is 18.2 Å². The summed E-state index contributed by atoms with van der Waals surface area (Å²) in [5.74, 6) is -1.37. The Hall–Kier alpha value is -1.81. The monoisotopic (exact) mass is 267 g/mol. The molecule has 0 spiro atoms. The summed E-state index contributed by atoms with van der Waals surface area (Å²) in [5, 5.41) is 9.44. The van der Waals surface area contributed by atoms with E-state index in [-0.39, 0.29) is 17.6 Å². The van der Waals surface area contributed by atoms with E-state index in [1.807, 2.05) is 6.92 Å². The van der Waals surface area contributed by atoms with Crippen LogP contribution in [0.5, 0.6) is 0 Å². The van der Waals surface area contributed by atoms with E-state index in [0.29, 0.717) is 5.02 Å². The summed E-state index contributed by atoms with van der Waals surface area (Å²) in [6.07, 6.45) is 1.55. The number of hydrogen-bond acceptors (Lipinski definition) is 1. The highest BCUT2D eigenvalue weighted by Crippen LogP contribution is 2.24. The van der Waals surface area contributed by atoms with E-state index < -0.39 is 5.97 Å². The number of nitrogens with zero attached hydrogens (tertiary/aromatic N) is 1. The largest absolute Gasteiger partial charge is 0.477 e. The zero-order chi connectivity index (χ0) is 13.3. The highest BCUT2D eigenvalue weighted by atomic mass is 35.5. The van der Waals surface area contributed by atoms with Crippen LogP contribution in [0.15, 0.2) is 36.5 Å². The molecule has 0 radical (unpaired) electrons. The second-order valence-electron chi connectivity index (χ2n) is 3.98. The van der Waals surface area contributed by atoms with Crippen LogP contribution in [0, 0.1) is 5.82 Å². The molecule has 0 amide bonds. The van der Waals surface area contributed by atoms with Crippen molar-refractivity contribution in [3.05, 3.63) is 58.6 Å². The molecule has 5 heteroatoms. The van der Waals surface area contributed by atoms with Gasteiger partial charge in [-0.3, -0.25) is 0 Å². The van der Waals surface area contributed by atoms with Crippen LogP contribution in [0.25, 0.3) is 0 Å². The Bertz CT molecular complexity index is 577. The minimum Gasteiger partial charge on any atom is -0.477 e. The molecule has 1 aromatic heterocycles. The number of hydrogen-bond donors (Lipinski definition) is 1. The number of rotatable bonds is 3. The molecule has 1 heterocycles. The zero-order valence-electron chi connectivity index (χ0n) is 9.60. The molecule has 0 fully saturated rings. The summed E-state index contributed by atoms with van der Waals surface area (Å²) < 4.78 is 14.4. The number of aromatic nitrogens is 1. The number of carbonyl (C=O) groups is 1. The Morgan fingerprint density at radius 2 is 2.00 bits per heavy atom. The van der Waals surface area contributed by atoms with Gasteiger partial charge in [0, 0.05) is 6.20 Å². The molecule has 18 heavy (non-hydrogen) atoms. The number of carboxylic acids is 1. The molecule has 0 saturated carbocycles. The molecule has 1 atom stereocenters. The minimum atomic E-state index is -1.05. The number of aromatic carboxylic acids is 1. The summed E-state index contributed by atoms with van der Waals surface area (Å²) in [6.45, 7) is 1.83. The highest BCUT2D eigenvalue weighted by molar-refractivity contribution is 6.30. The SMILES string of the molecule is CC(c1ccc(F)cc1)n1cc(Cl)cc1C(=O)O. The van der Waals surface area contributed by atoms with Crippen LogP contribution in [0.4, 0.5) is 4.39 Å². The van der Waals surface area contributed by atoms with Crippen LogP contribution in [0.3, 0.4) is 0 Å². The molecular formula is C13H11ClFNO2. The van der Waals surface area contributed by atoms with Gasteiger partial charge in [-0.15, -0.1) is 0 Å². The van der Waals surface area contributed by atoms with Gasteiger partial charge < -0.3 is 9.67 Å². The Balaban J connectivity index is 2.42. The van der Waals surface area contributed by atoms with Crippen molar-refractivity contribution in [2.45, 2.75) is 13.0 Å². The third kappa shape index (κ3) is 2.38. The third-order valence-electron chi connectivity index (χ3n) is 2.80. The van der Waals surface area contributed by atoms with E-state index >= 15 is 0 Å². The number of carboxylic acid groups (broad SMARTS) is 1. The van der Waals surface area contributed by atoms with Gasteiger partial charge in [-0.25, -0.2) is 9.18 Å². The van der Waals surface area contributed by atoms with E-state index in [1.54, 1.807) is 22.9 Å². The maximum atomic E-state index is 12.8. The average Bonchev–Trinajstić information content (AvgIpc) is 2.71. The fourth-order valence-electron chi connectivity index (χ4n) is 1.84. The van der Waals surface area contributed by atoms with Gasteiger partial charge >= 0.3 is 5.97 Å². The minimum absolute atomic E-state index is 0.108. The Labute approximate surface area is 108 Å². The van der Waals surface area contributed by atoms with Crippen molar-refractivity contribution >= 4 is 17.6 Å². The molecule has 0 aliphatic heterocycles. The van der Waals surface area contributed by atoms with Gasteiger partial charge in [0.2, 0.25) is 0 Å². The predicted molar refractivity (Wildman–Crippen MR) is 66.6 cm³/mol. The molecular weight excluding hydrogens is 257 g/mol. The van der Waals surface area contributed by atoms with Gasteiger partial charge in [-0.1, -0.05) is 23.7 Å². The number of benzene rings is 1. The Morgan fingerprint density at radius 3 is 2.56 bits per heavy atom. The summed E-state index contributed by atoms with van der Waals surface area (Å²) in [6, 6.07) is 7.10. The van der Waals surface area contributed by atoms with Gasteiger partial charge in [-0.2, -0.15) is 0 Å². The topological polar surface area (TPSA) is 42.2 Å². The highest BCUT2D eigenvalue weighted by Gasteiger charge is 2.17. The second kappa shape index (κ2) is 4.82. The van der Waals surface area contributed by atoms with Crippen LogP contribution in [0.2, 0.25) is 5.02 Å². The molecule has 2 aromatic rings. The molecule has 1 N–H and O–H groups in total. The normalized spacial score (nSPS) is 12.4. The first-order chi connectivity index (χ1) is 8.49. The van der Waals surface area contributed by atoms with Crippen LogP contribution in [-0.2, 0) is 0 Å². The quantitative estimate of drug-likeness (QED) is 0.923. The van der Waals surface area contributed by atoms with Gasteiger partial charge in [0.1, 0.15) is 11.5 Å². The summed E-state index contributed by atoms with van der Waals surface area (Å²) in [7, 11) is 0. The lowest BCUT2D eigenvalue weighted by molar-refractivity contribution is 0.0684. The molecule has 2 rings (SSSR count). The van der Waals surface area contributed by atoms with Gasteiger partial charge in [0.05, 0.1) is 11.1 Å². The fraction of sp³-hybridized carbons (Fsp3) is 0.154. The van der Waals surface area contributed by atoms with E-state index in [9.17, 15) is 9.18 Å². The maximum absolute atomic E-state index is 12.8. The maximum Gasteiger partial charge on any atom is 0.352 e. The van der Waals surface area contributed by atoms with Gasteiger partial charge in [0.25, 0.3) is 0 Å². The Morgan fingerprint density at radius 1 is 1.39 bits per heavy atom. The first kappa shape index (κ1) is 12.6. The van der Waals surface area contributed by atoms with Crippen LogP contribution in [-0.4, -0.2) is 15.6 Å². The van der Waals surface area contributed by atoms with Crippen molar-refractivity contribution in [3.8, 4) is 0 Å². The van der Waals surface area contributed by atoms with Gasteiger partial charge in [0.15, 0.2) is 0 Å². The smallest absolute Gasteiger partial charge is 0.352 e. The summed E-state index contributed by atoms with van der Waals surface area (Å²) in [4.78, 5) is 11.1. The first-order valence-electron chi connectivity index (χ1n) is 5.35. The lowest BCUT2D eigenvalue weighted by Crippen LogP contribution is -2.12. The third-order valence-corrected chi connectivity index (χ3v) is 3.01. The van der Waals surface area contributed by atoms with Crippen LogP contribution < -0.4 is 0 Å². The van der Waals surface area contributed by atoms with E-state index in [4.69, 9.17) is 16.7 Å². The lowest BCUT2D eigenvalue weighted by Gasteiger charge is -2.16. The molecule has 0 bridgehead atoms. The molecule has 3 nitrogen and oxygen atoms in total. The second-order valence-corrected chi connectivity index (χ2v) is 4.42. The molecule has 0 aliphatic carbocycles. The van der Waals surface area contributed by atoms with Crippen molar-refractivity contribution < 1.29 is 14.3 Å². The Kier molecular flexibility index (Phi) is 3.39. The summed E-state index contributed by atoms with van der Waals surface area (Å²) >= 11 is 5.82. The average molecular weight is 268 g/mol. The standard InChI is InChI=1S/C13H11ClFNO2/c1-8(9-2-4-11(15)5-3-9)16-7-10(14)6-12(16)13(17)18/h2-8H,1H3,(H,17,18). The predicted octanol–water partition coefficient (Wildman–Crippen LogP) is 3.59. The van der Waals surface area contributed by atoms with Crippen molar-refractivity contribution in [2.75, 3.05) is 0 Å². The molecule has 1 unspecified atom stereocenters. The molecule has 94 valence electrons. The molecule has 1 aromatic carbocycles. The zero-order valence-corrected chi connectivity index (χ0v) is 10.4. The first-order valence-corrected chi connectivity index (χ1v) is 5.73. The molecule has 0 aliphatic rings. The van der Waals surface area contributed by atoms with Crippen molar-refractivity contribution in [3.63, 3.8) is 0 Å². The van der Waals surface area contributed by atoms with Crippen LogP contribution >= 0.6 is 11.6 Å². The van der Waals surface area contributed by atoms with E-state index in [0.717, 1.165) is 5.56 Å². The van der Waals surface area contributed by atoms with E-state index in [2.05, 4.69) is 0 Å². The lowest BCUT2D eigenvalue weighted by atomic mass is 10.1. The summed E-state index contributed by atoms with van der Waals surface area (Å²) in [5.41, 5.74) is 0.919. The van der Waals surface area contributed by atoms with Crippen molar-refractivity contribution in [1.29, 1.82) is 0 Å². The van der Waals surface area contributed by atoms with Crippen molar-refractivity contribution in [2.24, 2.45) is 0 Å². The number of halogens is 2. The van der Waals surface area contributed by atoms with Crippen LogP contribution in [0.1, 0.15) is 29.0 Å². The van der Waals surface area contributed by atoms with Gasteiger partial charge in [-0.05, 0) is 30.7 Å². The molecule has 0 saturated heterocycles.